The minimum atomic E-state index is -0.332. The molecule has 22 heavy (non-hydrogen) atoms. The zero-order valence-corrected chi connectivity index (χ0v) is 13.1. The fourth-order valence-electron chi connectivity index (χ4n) is 3.11. The molecule has 120 valence electrons. The summed E-state index contributed by atoms with van der Waals surface area (Å²) in [6.45, 7) is 4.81. The maximum absolute atomic E-state index is 12.7. The molecule has 1 aliphatic heterocycles. The largest absolute Gasteiger partial charge is 0.370 e. The Morgan fingerprint density at radius 2 is 2.14 bits per heavy atom. The summed E-state index contributed by atoms with van der Waals surface area (Å²) in [4.78, 5) is 40.0. The van der Waals surface area contributed by atoms with Gasteiger partial charge in [0.15, 0.2) is 0 Å². The first-order chi connectivity index (χ1) is 10.4. The molecule has 2 rings (SSSR count). The van der Waals surface area contributed by atoms with Gasteiger partial charge in [0.2, 0.25) is 5.91 Å². The second kappa shape index (κ2) is 6.77. The van der Waals surface area contributed by atoms with Gasteiger partial charge in [0.05, 0.1) is 0 Å². The highest BCUT2D eigenvalue weighted by Crippen LogP contribution is 2.22. The number of hydrogen-bond acceptors (Lipinski definition) is 3. The van der Waals surface area contributed by atoms with E-state index in [-0.39, 0.29) is 28.9 Å². The van der Waals surface area contributed by atoms with Crippen LogP contribution in [0.5, 0.6) is 0 Å². The number of nitrogens with zero attached hydrogens (tertiary/aromatic N) is 1. The molecule has 6 nitrogen and oxygen atoms in total. The van der Waals surface area contributed by atoms with Crippen molar-refractivity contribution in [2.75, 3.05) is 13.1 Å². The van der Waals surface area contributed by atoms with Crippen LogP contribution in [0.2, 0.25) is 0 Å². The van der Waals surface area contributed by atoms with E-state index in [2.05, 4.69) is 4.98 Å². The predicted molar refractivity (Wildman–Crippen MR) is 83.6 cm³/mol. The van der Waals surface area contributed by atoms with Gasteiger partial charge in [-0.15, -0.1) is 0 Å². The second-order valence-corrected chi connectivity index (χ2v) is 6.10. The van der Waals surface area contributed by atoms with Crippen molar-refractivity contribution >= 4 is 11.8 Å². The Balaban J connectivity index is 2.12. The van der Waals surface area contributed by atoms with Crippen molar-refractivity contribution < 1.29 is 9.59 Å². The van der Waals surface area contributed by atoms with Crippen molar-refractivity contribution in [3.63, 3.8) is 0 Å². The number of nitrogens with two attached hydrogens (primary N) is 1. The first-order valence-corrected chi connectivity index (χ1v) is 7.66. The van der Waals surface area contributed by atoms with E-state index in [4.69, 9.17) is 5.73 Å². The van der Waals surface area contributed by atoms with Gasteiger partial charge < -0.3 is 15.6 Å². The van der Waals surface area contributed by atoms with Gasteiger partial charge in [-0.05, 0) is 50.7 Å². The van der Waals surface area contributed by atoms with Crippen molar-refractivity contribution in [1.82, 2.24) is 9.88 Å². The van der Waals surface area contributed by atoms with Crippen LogP contribution in [0.1, 0.15) is 47.3 Å². The standard InChI is InChI=1S/C16H23N3O3/c1-10-8-11(2)18-15(21)14(10)16(22)19-7-3-4-12(9-19)5-6-13(17)20/h8,12H,3-7,9H2,1-2H3,(H2,17,20)(H,18,21). The monoisotopic (exact) mass is 305 g/mol. The third kappa shape index (κ3) is 3.75. The fourth-order valence-corrected chi connectivity index (χ4v) is 3.11. The maximum atomic E-state index is 12.7. The molecule has 6 heteroatoms. The Labute approximate surface area is 129 Å². The molecule has 1 aromatic rings. The molecule has 1 unspecified atom stereocenters. The second-order valence-electron chi connectivity index (χ2n) is 6.10. The van der Waals surface area contributed by atoms with Crippen LogP contribution in [0.15, 0.2) is 10.9 Å². The molecule has 2 amide bonds. The normalized spacial score (nSPS) is 18.3. The van der Waals surface area contributed by atoms with E-state index >= 15 is 0 Å². The Hall–Kier alpha value is -2.11. The zero-order valence-electron chi connectivity index (χ0n) is 13.1. The predicted octanol–water partition coefficient (Wildman–Crippen LogP) is 1.11. The van der Waals surface area contributed by atoms with E-state index in [0.717, 1.165) is 18.5 Å². The topological polar surface area (TPSA) is 96.3 Å². The van der Waals surface area contributed by atoms with Crippen LogP contribution in [-0.2, 0) is 4.79 Å². The third-order valence-electron chi connectivity index (χ3n) is 4.18. The van der Waals surface area contributed by atoms with Crippen LogP contribution in [0.25, 0.3) is 0 Å². The van der Waals surface area contributed by atoms with Crippen LogP contribution >= 0.6 is 0 Å². The number of aryl methyl sites for hydroxylation is 2. The third-order valence-corrected chi connectivity index (χ3v) is 4.18. The average Bonchev–Trinajstić information content (AvgIpc) is 2.44. The molecule has 1 fully saturated rings. The minimum absolute atomic E-state index is 0.220. The Kier molecular flexibility index (Phi) is 5.00. The molecule has 0 aliphatic carbocycles. The SMILES string of the molecule is Cc1cc(C)c(C(=O)N2CCCC(CCC(N)=O)C2)c(=O)[nH]1. The van der Waals surface area contributed by atoms with Crippen LogP contribution < -0.4 is 11.3 Å². The van der Waals surface area contributed by atoms with Crippen molar-refractivity contribution in [1.29, 1.82) is 0 Å². The van der Waals surface area contributed by atoms with Gasteiger partial charge in [-0.3, -0.25) is 14.4 Å². The molecule has 0 aromatic carbocycles. The maximum Gasteiger partial charge on any atom is 0.261 e. The number of aromatic nitrogens is 1. The van der Waals surface area contributed by atoms with Gasteiger partial charge in [0, 0.05) is 25.2 Å². The van der Waals surface area contributed by atoms with E-state index in [1.165, 1.54) is 0 Å². The number of rotatable bonds is 4. The number of amides is 2. The molecule has 0 spiro atoms. The first-order valence-electron chi connectivity index (χ1n) is 7.66. The summed E-state index contributed by atoms with van der Waals surface area (Å²) in [5, 5.41) is 0. The summed E-state index contributed by atoms with van der Waals surface area (Å²) < 4.78 is 0. The first kappa shape index (κ1) is 16.3. The number of carbonyl (C=O) groups excluding carboxylic acids is 2. The summed E-state index contributed by atoms with van der Waals surface area (Å²) in [6, 6.07) is 1.81. The lowest BCUT2D eigenvalue weighted by atomic mass is 9.92. The number of aromatic amines is 1. The molecular formula is C16H23N3O3. The number of nitrogens with one attached hydrogen (secondary N) is 1. The molecule has 0 bridgehead atoms. The average molecular weight is 305 g/mol. The van der Waals surface area contributed by atoms with E-state index in [0.29, 0.717) is 31.5 Å². The summed E-state index contributed by atoms with van der Waals surface area (Å²) in [5.41, 5.74) is 6.52. The van der Waals surface area contributed by atoms with Crippen molar-refractivity contribution in [2.45, 2.75) is 39.5 Å². The van der Waals surface area contributed by atoms with Crippen molar-refractivity contribution in [3.05, 3.63) is 33.2 Å². The summed E-state index contributed by atoms with van der Waals surface area (Å²) in [6.07, 6.45) is 2.91. The Morgan fingerprint density at radius 3 is 2.77 bits per heavy atom. The number of piperidine rings is 1. The summed E-state index contributed by atoms with van der Waals surface area (Å²) in [7, 11) is 0. The lowest BCUT2D eigenvalue weighted by molar-refractivity contribution is -0.118. The van der Waals surface area contributed by atoms with Crippen LogP contribution in [0.3, 0.4) is 0 Å². The number of carbonyl (C=O) groups is 2. The summed E-state index contributed by atoms with van der Waals surface area (Å²) >= 11 is 0. The number of pyridine rings is 1. The summed E-state index contributed by atoms with van der Waals surface area (Å²) in [5.74, 6) is -0.258. The molecule has 1 aliphatic rings. The van der Waals surface area contributed by atoms with E-state index in [1.54, 1.807) is 18.7 Å². The number of primary amides is 1. The van der Waals surface area contributed by atoms with Gasteiger partial charge in [0.1, 0.15) is 5.56 Å². The van der Waals surface area contributed by atoms with Gasteiger partial charge in [0.25, 0.3) is 11.5 Å². The molecular weight excluding hydrogens is 282 g/mol. The molecule has 1 atom stereocenters. The fraction of sp³-hybridized carbons (Fsp3) is 0.562. The number of hydrogen-bond donors (Lipinski definition) is 2. The zero-order chi connectivity index (χ0) is 16.3. The van der Waals surface area contributed by atoms with E-state index < -0.39 is 0 Å². The van der Waals surface area contributed by atoms with Crippen molar-refractivity contribution in [2.24, 2.45) is 11.7 Å². The highest BCUT2D eigenvalue weighted by molar-refractivity contribution is 5.95. The van der Waals surface area contributed by atoms with Crippen molar-refractivity contribution in [3.8, 4) is 0 Å². The van der Waals surface area contributed by atoms with Gasteiger partial charge >= 0.3 is 0 Å². The highest BCUT2D eigenvalue weighted by atomic mass is 16.2. The Morgan fingerprint density at radius 1 is 1.41 bits per heavy atom. The molecule has 1 aromatic heterocycles. The van der Waals surface area contributed by atoms with Crippen LogP contribution in [0, 0.1) is 19.8 Å². The molecule has 3 N–H and O–H groups in total. The number of likely N-dealkylation sites (tertiary alicyclic amines) is 1. The molecule has 2 heterocycles. The smallest absolute Gasteiger partial charge is 0.261 e. The van der Waals surface area contributed by atoms with E-state index in [9.17, 15) is 14.4 Å². The van der Waals surface area contributed by atoms with Crippen LogP contribution in [0.4, 0.5) is 0 Å². The molecule has 1 saturated heterocycles. The van der Waals surface area contributed by atoms with E-state index in [1.807, 2.05) is 6.07 Å². The van der Waals surface area contributed by atoms with Gasteiger partial charge in [-0.2, -0.15) is 0 Å². The Bertz CT molecular complexity index is 636. The molecule has 0 saturated carbocycles. The highest BCUT2D eigenvalue weighted by Gasteiger charge is 2.27. The van der Waals surface area contributed by atoms with Gasteiger partial charge in [-0.1, -0.05) is 0 Å². The lowest BCUT2D eigenvalue weighted by Crippen LogP contribution is -2.42. The van der Waals surface area contributed by atoms with Crippen LogP contribution in [-0.4, -0.2) is 34.8 Å². The minimum Gasteiger partial charge on any atom is -0.370 e. The number of H-pyrrole nitrogens is 1. The quantitative estimate of drug-likeness (QED) is 0.872. The lowest BCUT2D eigenvalue weighted by Gasteiger charge is -2.32. The van der Waals surface area contributed by atoms with Gasteiger partial charge in [-0.25, -0.2) is 0 Å². The molecule has 0 radical (unpaired) electrons.